The lowest BCUT2D eigenvalue weighted by molar-refractivity contribution is -0.165. The van der Waals surface area contributed by atoms with Gasteiger partial charge in [0.25, 0.3) is 0 Å². The summed E-state index contributed by atoms with van der Waals surface area (Å²) in [4.78, 5) is 63.2. The number of amides is 3. The highest BCUT2D eigenvalue weighted by atomic mass is 16.6. The van der Waals surface area contributed by atoms with Gasteiger partial charge in [-0.2, -0.15) is 0 Å². The Morgan fingerprint density at radius 1 is 0.744 bits per heavy atom. The first-order valence-corrected chi connectivity index (χ1v) is 14.5. The highest BCUT2D eigenvalue weighted by Crippen LogP contribution is 2.15. The van der Waals surface area contributed by atoms with Gasteiger partial charge < -0.3 is 35.9 Å². The number of alkyl carbamates (subject to hydrolysis) is 1. The van der Waals surface area contributed by atoms with Gasteiger partial charge in [0.1, 0.15) is 28.9 Å². The summed E-state index contributed by atoms with van der Waals surface area (Å²) in [6.45, 7) is 15.8. The van der Waals surface area contributed by atoms with Gasteiger partial charge in [-0.05, 0) is 106 Å². The van der Waals surface area contributed by atoms with E-state index in [0.29, 0.717) is 37.1 Å². The van der Waals surface area contributed by atoms with Crippen molar-refractivity contribution in [1.82, 2.24) is 10.6 Å². The fraction of sp³-hybridized carbons (Fsp3) is 0.645. The zero-order chi connectivity index (χ0) is 33.0. The Morgan fingerprint density at radius 3 is 1.81 bits per heavy atom. The van der Waals surface area contributed by atoms with Crippen LogP contribution in [0, 0.1) is 0 Å². The Balaban J connectivity index is 2.89. The molecule has 1 rings (SSSR count). The number of carbonyl (C=O) groups excluding carboxylic acids is 5. The van der Waals surface area contributed by atoms with Crippen molar-refractivity contribution in [2.75, 3.05) is 11.9 Å². The van der Waals surface area contributed by atoms with Gasteiger partial charge in [-0.1, -0.05) is 12.1 Å². The second kappa shape index (κ2) is 16.3. The minimum atomic E-state index is -1.23. The van der Waals surface area contributed by atoms with Gasteiger partial charge in [0.2, 0.25) is 11.8 Å². The number of ether oxygens (including phenoxy) is 3. The number of esters is 2. The molecule has 0 heterocycles. The lowest BCUT2D eigenvalue weighted by Crippen LogP contribution is -2.46. The van der Waals surface area contributed by atoms with E-state index in [0.717, 1.165) is 0 Å². The minimum absolute atomic E-state index is 0.0935. The molecule has 0 aliphatic heterocycles. The third-order valence-electron chi connectivity index (χ3n) is 5.36. The van der Waals surface area contributed by atoms with Crippen LogP contribution in [0.3, 0.4) is 0 Å². The molecule has 12 heteroatoms. The number of rotatable bonds is 13. The van der Waals surface area contributed by atoms with Crippen LogP contribution in [-0.2, 0) is 39.8 Å². The molecule has 0 aliphatic rings. The zero-order valence-electron chi connectivity index (χ0n) is 27.1. The molecule has 0 saturated carbocycles. The Hall–Kier alpha value is -3.67. The molecule has 0 saturated heterocycles. The van der Waals surface area contributed by atoms with Crippen LogP contribution in [0.5, 0.6) is 0 Å². The maximum Gasteiger partial charge on any atom is 0.408 e. The molecule has 0 radical (unpaired) electrons. The van der Waals surface area contributed by atoms with Gasteiger partial charge in [-0.3, -0.25) is 14.4 Å². The summed E-state index contributed by atoms with van der Waals surface area (Å²) in [6.07, 6.45) is 0.539. The number of anilines is 1. The largest absolute Gasteiger partial charge is 0.460 e. The van der Waals surface area contributed by atoms with Crippen molar-refractivity contribution in [3.8, 4) is 0 Å². The first-order chi connectivity index (χ1) is 19.7. The van der Waals surface area contributed by atoms with Crippen LogP contribution in [0.1, 0.15) is 93.6 Å². The van der Waals surface area contributed by atoms with E-state index in [1.54, 1.807) is 86.6 Å². The van der Waals surface area contributed by atoms with Crippen molar-refractivity contribution < 1.29 is 38.2 Å². The fourth-order valence-electron chi connectivity index (χ4n) is 3.69. The van der Waals surface area contributed by atoms with E-state index < -0.39 is 58.7 Å². The molecule has 242 valence electrons. The molecule has 0 bridgehead atoms. The third-order valence-corrected chi connectivity index (χ3v) is 5.36. The van der Waals surface area contributed by atoms with Crippen LogP contribution in [0.15, 0.2) is 24.3 Å². The second-order valence-electron chi connectivity index (χ2n) is 13.3. The lowest BCUT2D eigenvalue weighted by Gasteiger charge is -2.25. The van der Waals surface area contributed by atoms with Crippen molar-refractivity contribution in [2.24, 2.45) is 5.73 Å². The van der Waals surface area contributed by atoms with Gasteiger partial charge in [0.15, 0.2) is 0 Å². The second-order valence-corrected chi connectivity index (χ2v) is 13.3. The number of hydrogen-bond acceptors (Lipinski definition) is 9. The Morgan fingerprint density at radius 2 is 1.30 bits per heavy atom. The van der Waals surface area contributed by atoms with E-state index in [9.17, 15) is 24.0 Å². The molecule has 1 aromatic carbocycles. The molecule has 43 heavy (non-hydrogen) atoms. The van der Waals surface area contributed by atoms with Crippen LogP contribution < -0.4 is 21.7 Å². The third kappa shape index (κ3) is 17.1. The molecular weight excluding hydrogens is 556 g/mol. The number of benzene rings is 1. The Bertz CT molecular complexity index is 1100. The van der Waals surface area contributed by atoms with Crippen LogP contribution >= 0.6 is 0 Å². The summed E-state index contributed by atoms with van der Waals surface area (Å²) < 4.78 is 16.0. The van der Waals surface area contributed by atoms with Crippen LogP contribution in [-0.4, -0.2) is 65.3 Å². The van der Waals surface area contributed by atoms with E-state index in [2.05, 4.69) is 16.0 Å². The van der Waals surface area contributed by atoms with E-state index >= 15 is 0 Å². The predicted molar refractivity (Wildman–Crippen MR) is 163 cm³/mol. The molecule has 0 aliphatic carbocycles. The normalized spacial score (nSPS) is 13.3. The number of nitrogens with one attached hydrogen (secondary N) is 3. The summed E-state index contributed by atoms with van der Waals surface area (Å²) in [5.41, 5.74) is 4.34. The lowest BCUT2D eigenvalue weighted by atomic mass is 10.1. The number of nitrogens with two attached hydrogens (primary N) is 1. The Kier molecular flexibility index (Phi) is 14.1. The summed E-state index contributed by atoms with van der Waals surface area (Å²) in [5, 5.41) is 7.97. The smallest absolute Gasteiger partial charge is 0.408 e. The SMILES string of the molecule is CC(C)(C)OC(=O)C[C@H](NC(=O)Cc1ccc(NC(=O)C(CCCCN)NC(=O)OC(C)(C)C)cc1)C(=O)OC(C)(C)C. The highest BCUT2D eigenvalue weighted by Gasteiger charge is 2.31. The quantitative estimate of drug-likeness (QED) is 0.148. The highest BCUT2D eigenvalue weighted by molar-refractivity contribution is 5.96. The molecule has 12 nitrogen and oxygen atoms in total. The molecule has 0 aromatic heterocycles. The predicted octanol–water partition coefficient (Wildman–Crippen LogP) is 3.75. The molecule has 5 N–H and O–H groups in total. The average Bonchev–Trinajstić information content (AvgIpc) is 2.81. The monoisotopic (exact) mass is 606 g/mol. The molecule has 0 spiro atoms. The molecular formula is C31H50N4O8. The first kappa shape index (κ1) is 37.4. The van der Waals surface area contributed by atoms with Crippen molar-refractivity contribution in [1.29, 1.82) is 0 Å². The molecule has 2 atom stereocenters. The van der Waals surface area contributed by atoms with E-state index in [1.165, 1.54) is 0 Å². The Labute approximate surface area is 255 Å². The van der Waals surface area contributed by atoms with E-state index in [1.807, 2.05) is 0 Å². The zero-order valence-corrected chi connectivity index (χ0v) is 27.1. The van der Waals surface area contributed by atoms with Crippen molar-refractivity contribution in [3.05, 3.63) is 29.8 Å². The van der Waals surface area contributed by atoms with E-state index in [-0.39, 0.29) is 12.8 Å². The van der Waals surface area contributed by atoms with Crippen LogP contribution in [0.25, 0.3) is 0 Å². The molecule has 3 amide bonds. The average molecular weight is 607 g/mol. The first-order valence-electron chi connectivity index (χ1n) is 14.5. The van der Waals surface area contributed by atoms with Crippen molar-refractivity contribution >= 4 is 35.5 Å². The van der Waals surface area contributed by atoms with Crippen LogP contribution in [0.2, 0.25) is 0 Å². The maximum atomic E-state index is 13.0. The number of hydrogen-bond donors (Lipinski definition) is 4. The molecule has 1 unspecified atom stereocenters. The number of unbranched alkanes of at least 4 members (excludes halogenated alkanes) is 1. The van der Waals surface area contributed by atoms with Gasteiger partial charge in [-0.15, -0.1) is 0 Å². The molecule has 1 aromatic rings. The summed E-state index contributed by atoms with van der Waals surface area (Å²) in [5.74, 6) is -2.31. The number of carbonyl (C=O) groups is 5. The standard InChI is InChI=1S/C31H50N4O8/c1-29(2,3)41-25(37)19-23(27(39)42-30(4,5)6)34-24(36)18-20-13-15-21(16-14-20)33-26(38)22(12-10-11-17-32)35-28(40)43-31(7,8)9/h13-16,22-23H,10-12,17-19,32H2,1-9H3,(H,33,38)(H,34,36)(H,35,40)/t22?,23-/m0/s1. The summed E-state index contributed by atoms with van der Waals surface area (Å²) >= 11 is 0. The van der Waals surface area contributed by atoms with Gasteiger partial charge in [0.05, 0.1) is 12.8 Å². The van der Waals surface area contributed by atoms with Crippen molar-refractivity contribution in [2.45, 2.75) is 123 Å². The molecule has 0 fully saturated rings. The minimum Gasteiger partial charge on any atom is -0.460 e. The summed E-state index contributed by atoms with van der Waals surface area (Å²) in [6, 6.07) is 4.48. The van der Waals surface area contributed by atoms with Crippen molar-refractivity contribution in [3.63, 3.8) is 0 Å². The van der Waals surface area contributed by atoms with Gasteiger partial charge in [0, 0.05) is 5.69 Å². The topological polar surface area (TPSA) is 175 Å². The maximum absolute atomic E-state index is 13.0. The fourth-order valence-corrected chi connectivity index (χ4v) is 3.69. The van der Waals surface area contributed by atoms with E-state index in [4.69, 9.17) is 19.9 Å². The van der Waals surface area contributed by atoms with Crippen LogP contribution in [0.4, 0.5) is 10.5 Å². The van der Waals surface area contributed by atoms with Gasteiger partial charge >= 0.3 is 18.0 Å². The summed E-state index contributed by atoms with van der Waals surface area (Å²) in [7, 11) is 0. The van der Waals surface area contributed by atoms with Gasteiger partial charge in [-0.25, -0.2) is 9.59 Å².